The summed E-state index contributed by atoms with van der Waals surface area (Å²) in [7, 11) is 0. The molecule has 0 aliphatic carbocycles. The van der Waals surface area contributed by atoms with Crippen LogP contribution >= 0.6 is 0 Å². The summed E-state index contributed by atoms with van der Waals surface area (Å²) in [6.07, 6.45) is 25.3. The highest BCUT2D eigenvalue weighted by atomic mass is 16.2. The normalized spacial score (nSPS) is 12.3. The van der Waals surface area contributed by atoms with Crippen LogP contribution in [-0.4, -0.2) is 11.7 Å². The molecule has 110 valence electrons. The van der Waals surface area contributed by atoms with Crippen molar-refractivity contribution in [1.82, 2.24) is 0 Å². The van der Waals surface area contributed by atoms with Gasteiger partial charge < -0.3 is 5.11 Å². The topological polar surface area (TPSA) is 20.2 Å². The summed E-state index contributed by atoms with van der Waals surface area (Å²) < 4.78 is 0. The van der Waals surface area contributed by atoms with Gasteiger partial charge in [0.1, 0.15) is 0 Å². The number of aliphatic hydroxyl groups excluding tert-OH is 1. The molecule has 0 saturated carbocycles. The second-order valence-corrected chi connectivity index (χ2v) is 5.02. The summed E-state index contributed by atoms with van der Waals surface area (Å²) in [4.78, 5) is 0. The third-order valence-corrected chi connectivity index (χ3v) is 3.11. The minimum atomic E-state index is 0.349. The van der Waals surface area contributed by atoms with Gasteiger partial charge in [-0.3, -0.25) is 0 Å². The van der Waals surface area contributed by atoms with Crippen molar-refractivity contribution in [1.29, 1.82) is 0 Å². The molecule has 0 aromatic carbocycles. The van der Waals surface area contributed by atoms with Crippen molar-refractivity contribution in [3.05, 3.63) is 36.5 Å². The molecule has 1 heteroatoms. The molecule has 1 N–H and O–H groups in total. The lowest BCUT2D eigenvalue weighted by Crippen LogP contribution is -1.83. The predicted molar refractivity (Wildman–Crippen MR) is 86.3 cm³/mol. The van der Waals surface area contributed by atoms with Crippen LogP contribution < -0.4 is 0 Å². The maximum atomic E-state index is 8.65. The predicted octanol–water partition coefficient (Wildman–Crippen LogP) is 5.57. The maximum Gasteiger partial charge on any atom is 0.0431 e. The van der Waals surface area contributed by atoms with Crippen molar-refractivity contribution in [3.8, 4) is 0 Å². The average Bonchev–Trinajstić information content (AvgIpc) is 2.43. The first-order valence-corrected chi connectivity index (χ1v) is 8.01. The fourth-order valence-corrected chi connectivity index (χ4v) is 1.88. The average molecular weight is 264 g/mol. The Hall–Kier alpha value is -0.820. The van der Waals surface area contributed by atoms with E-state index >= 15 is 0 Å². The van der Waals surface area contributed by atoms with E-state index in [1.807, 2.05) is 0 Å². The zero-order valence-corrected chi connectivity index (χ0v) is 12.7. The van der Waals surface area contributed by atoms with Gasteiger partial charge in [-0.05, 0) is 25.7 Å². The van der Waals surface area contributed by atoms with Gasteiger partial charge in [0.25, 0.3) is 0 Å². The van der Waals surface area contributed by atoms with Gasteiger partial charge in [0, 0.05) is 6.61 Å². The van der Waals surface area contributed by atoms with E-state index in [1.54, 1.807) is 0 Å². The molecule has 0 rings (SSSR count). The van der Waals surface area contributed by atoms with Gasteiger partial charge in [0.15, 0.2) is 0 Å². The zero-order valence-electron chi connectivity index (χ0n) is 12.7. The van der Waals surface area contributed by atoms with Gasteiger partial charge in [-0.25, -0.2) is 0 Å². The lowest BCUT2D eigenvalue weighted by molar-refractivity contribution is 0.282. The third-order valence-electron chi connectivity index (χ3n) is 3.11. The van der Waals surface area contributed by atoms with Crippen LogP contribution in [0.5, 0.6) is 0 Å². The minimum Gasteiger partial charge on any atom is -0.396 e. The molecule has 0 amide bonds. The smallest absolute Gasteiger partial charge is 0.0431 e. The number of allylic oxidation sites excluding steroid dienone is 6. The standard InChI is InChI=1S/C18H32O/c1-2-3-4-5-6-7-8-9-10-11-12-13-14-15-16-17-18-19/h5-10,19H,2-4,11-18H2,1H3. The Kier molecular flexibility index (Phi) is 16.4. The first-order valence-electron chi connectivity index (χ1n) is 8.01. The van der Waals surface area contributed by atoms with Gasteiger partial charge in [0.2, 0.25) is 0 Å². The highest BCUT2D eigenvalue weighted by Gasteiger charge is 1.89. The number of rotatable bonds is 13. The van der Waals surface area contributed by atoms with Crippen molar-refractivity contribution in [3.63, 3.8) is 0 Å². The van der Waals surface area contributed by atoms with Crippen molar-refractivity contribution >= 4 is 0 Å². The molecule has 0 heterocycles. The van der Waals surface area contributed by atoms with E-state index in [0.29, 0.717) is 6.61 Å². The lowest BCUT2D eigenvalue weighted by Gasteiger charge is -1.98. The number of hydrogen-bond donors (Lipinski definition) is 1. The Labute approximate surface area is 120 Å². The first-order chi connectivity index (χ1) is 9.41. The van der Waals surface area contributed by atoms with Crippen LogP contribution in [0.25, 0.3) is 0 Å². The Balaban J connectivity index is 3.24. The molecule has 0 spiro atoms. The fraction of sp³-hybridized carbons (Fsp3) is 0.667. The van der Waals surface area contributed by atoms with Crippen molar-refractivity contribution < 1.29 is 5.11 Å². The van der Waals surface area contributed by atoms with Crippen LogP contribution in [0.3, 0.4) is 0 Å². The van der Waals surface area contributed by atoms with Crippen molar-refractivity contribution in [2.45, 2.75) is 71.1 Å². The van der Waals surface area contributed by atoms with Gasteiger partial charge in [-0.1, -0.05) is 81.9 Å². The van der Waals surface area contributed by atoms with Crippen molar-refractivity contribution in [2.75, 3.05) is 6.61 Å². The molecule has 1 nitrogen and oxygen atoms in total. The summed E-state index contributed by atoms with van der Waals surface area (Å²) in [5.41, 5.74) is 0. The molecule has 0 fully saturated rings. The first kappa shape index (κ1) is 18.2. The van der Waals surface area contributed by atoms with Gasteiger partial charge in [-0.2, -0.15) is 0 Å². The highest BCUT2D eigenvalue weighted by Crippen LogP contribution is 2.07. The highest BCUT2D eigenvalue weighted by molar-refractivity contribution is 5.10. The van der Waals surface area contributed by atoms with Crippen LogP contribution in [0.15, 0.2) is 36.5 Å². The van der Waals surface area contributed by atoms with Crippen LogP contribution in [0.2, 0.25) is 0 Å². The molecule has 0 aromatic heterocycles. The molecule has 0 unspecified atom stereocenters. The van der Waals surface area contributed by atoms with Crippen LogP contribution in [0.1, 0.15) is 71.1 Å². The Bertz CT molecular complexity index is 238. The van der Waals surface area contributed by atoms with E-state index in [-0.39, 0.29) is 0 Å². The van der Waals surface area contributed by atoms with Crippen molar-refractivity contribution in [2.24, 2.45) is 0 Å². The van der Waals surface area contributed by atoms with Crippen LogP contribution in [-0.2, 0) is 0 Å². The van der Waals surface area contributed by atoms with E-state index in [4.69, 9.17) is 5.11 Å². The molecule has 0 atom stereocenters. The Morgan fingerprint density at radius 2 is 1.16 bits per heavy atom. The summed E-state index contributed by atoms with van der Waals surface area (Å²) >= 11 is 0. The SMILES string of the molecule is CCCCC=CC=CC=CCCCCCCCCO. The summed E-state index contributed by atoms with van der Waals surface area (Å²) in [5.74, 6) is 0. The second kappa shape index (κ2) is 17.2. The number of hydrogen-bond acceptors (Lipinski definition) is 1. The van der Waals surface area contributed by atoms with Gasteiger partial charge in [0.05, 0.1) is 0 Å². The van der Waals surface area contributed by atoms with Gasteiger partial charge in [-0.15, -0.1) is 0 Å². The fourth-order valence-electron chi connectivity index (χ4n) is 1.88. The number of aliphatic hydroxyl groups is 1. The van der Waals surface area contributed by atoms with E-state index in [2.05, 4.69) is 43.4 Å². The summed E-state index contributed by atoms with van der Waals surface area (Å²) in [6, 6.07) is 0. The second-order valence-electron chi connectivity index (χ2n) is 5.02. The lowest BCUT2D eigenvalue weighted by atomic mass is 10.1. The zero-order chi connectivity index (χ0) is 14.0. The molecule has 0 aliphatic heterocycles. The molecule has 0 radical (unpaired) electrons. The largest absolute Gasteiger partial charge is 0.396 e. The Morgan fingerprint density at radius 3 is 1.74 bits per heavy atom. The molecule has 0 aromatic rings. The van der Waals surface area contributed by atoms with E-state index < -0.39 is 0 Å². The summed E-state index contributed by atoms with van der Waals surface area (Å²) in [5, 5.41) is 8.65. The minimum absolute atomic E-state index is 0.349. The Morgan fingerprint density at radius 1 is 0.632 bits per heavy atom. The maximum absolute atomic E-state index is 8.65. The molecule has 0 saturated heterocycles. The van der Waals surface area contributed by atoms with E-state index in [1.165, 1.54) is 57.8 Å². The van der Waals surface area contributed by atoms with E-state index in [9.17, 15) is 0 Å². The van der Waals surface area contributed by atoms with Gasteiger partial charge >= 0.3 is 0 Å². The monoisotopic (exact) mass is 264 g/mol. The molecular formula is C18H32O. The number of unbranched alkanes of at least 4 members (excludes halogenated alkanes) is 8. The molecular weight excluding hydrogens is 232 g/mol. The quantitative estimate of drug-likeness (QED) is 0.340. The molecule has 0 bridgehead atoms. The molecule has 19 heavy (non-hydrogen) atoms. The summed E-state index contributed by atoms with van der Waals surface area (Å²) in [6.45, 7) is 2.57. The van der Waals surface area contributed by atoms with Crippen LogP contribution in [0.4, 0.5) is 0 Å². The van der Waals surface area contributed by atoms with E-state index in [0.717, 1.165) is 6.42 Å². The third kappa shape index (κ3) is 17.2. The molecule has 0 aliphatic rings. The van der Waals surface area contributed by atoms with Crippen LogP contribution in [0, 0.1) is 0 Å².